The summed E-state index contributed by atoms with van der Waals surface area (Å²) >= 11 is 1.69. The van der Waals surface area contributed by atoms with Crippen LogP contribution in [-0.4, -0.2) is 5.25 Å². The Labute approximate surface area is 135 Å². The molecule has 3 nitrogen and oxygen atoms in total. The third-order valence-electron chi connectivity index (χ3n) is 3.20. The largest absolute Gasteiger partial charge is 0.380 e. The molecule has 0 saturated carbocycles. The predicted octanol–water partition coefficient (Wildman–Crippen LogP) is 4.56. The lowest BCUT2D eigenvalue weighted by Gasteiger charge is -2.14. The van der Waals surface area contributed by atoms with E-state index in [0.717, 1.165) is 16.1 Å². The van der Waals surface area contributed by atoms with Crippen molar-refractivity contribution in [3.8, 4) is 12.1 Å². The number of thioether (sulfide) groups is 1. The zero-order chi connectivity index (χ0) is 15.8. The van der Waals surface area contributed by atoms with Gasteiger partial charge >= 0.3 is 0 Å². The van der Waals surface area contributed by atoms with Gasteiger partial charge in [-0.1, -0.05) is 37.3 Å². The molecule has 22 heavy (non-hydrogen) atoms. The Hall–Kier alpha value is -2.43. The van der Waals surface area contributed by atoms with E-state index in [2.05, 4.69) is 30.4 Å². The first-order valence-corrected chi connectivity index (χ1v) is 7.97. The third-order valence-corrected chi connectivity index (χ3v) is 4.38. The van der Waals surface area contributed by atoms with Crippen LogP contribution in [0.25, 0.3) is 0 Å². The molecular formula is C18H17N3S. The van der Waals surface area contributed by atoms with Gasteiger partial charge in [-0.2, -0.15) is 10.5 Å². The molecular weight excluding hydrogens is 290 g/mol. The van der Waals surface area contributed by atoms with Crippen LogP contribution in [0.4, 0.5) is 5.69 Å². The van der Waals surface area contributed by atoms with Gasteiger partial charge in [-0.25, -0.2) is 0 Å². The molecule has 2 aromatic rings. The highest BCUT2D eigenvalue weighted by atomic mass is 32.2. The highest BCUT2D eigenvalue weighted by molar-refractivity contribution is 8.00. The summed E-state index contributed by atoms with van der Waals surface area (Å²) in [7, 11) is 0. The van der Waals surface area contributed by atoms with Crippen LogP contribution in [0.3, 0.4) is 0 Å². The molecule has 4 heteroatoms. The number of para-hydroxylation sites is 1. The fourth-order valence-corrected chi connectivity index (χ4v) is 3.09. The normalized spacial score (nSPS) is 11.2. The van der Waals surface area contributed by atoms with Crippen LogP contribution < -0.4 is 5.32 Å². The predicted molar refractivity (Wildman–Crippen MR) is 90.5 cm³/mol. The second kappa shape index (κ2) is 8.12. The van der Waals surface area contributed by atoms with Crippen molar-refractivity contribution in [3.63, 3.8) is 0 Å². The Morgan fingerprint density at radius 1 is 1.09 bits per heavy atom. The molecule has 0 spiro atoms. The number of nitrogens with one attached hydrogen (secondary N) is 1. The summed E-state index contributed by atoms with van der Waals surface area (Å²) in [6.07, 6.45) is 0.524. The molecule has 0 bridgehead atoms. The summed E-state index contributed by atoms with van der Waals surface area (Å²) in [4.78, 5) is 1.12. The number of hydrogen-bond donors (Lipinski definition) is 1. The number of anilines is 1. The standard InChI is InChI=1S/C18H17N3S/c1-14(10-11-19)22-18-9-5-4-8-17(18)21-13-16-7-3-2-6-15(16)12-20/h2-9,14,21H,10,13H2,1H3. The van der Waals surface area contributed by atoms with Crippen molar-refractivity contribution in [1.29, 1.82) is 10.5 Å². The monoisotopic (exact) mass is 307 g/mol. The van der Waals surface area contributed by atoms with Crippen LogP contribution >= 0.6 is 11.8 Å². The van der Waals surface area contributed by atoms with E-state index in [-0.39, 0.29) is 5.25 Å². The average Bonchev–Trinajstić information content (AvgIpc) is 2.54. The number of rotatable bonds is 6. The van der Waals surface area contributed by atoms with Crippen LogP contribution in [-0.2, 0) is 6.54 Å². The molecule has 0 radical (unpaired) electrons. The Morgan fingerprint density at radius 2 is 1.82 bits per heavy atom. The Kier molecular flexibility index (Phi) is 5.89. The quantitative estimate of drug-likeness (QED) is 0.794. The van der Waals surface area contributed by atoms with Gasteiger partial charge in [0.2, 0.25) is 0 Å². The zero-order valence-electron chi connectivity index (χ0n) is 12.4. The van der Waals surface area contributed by atoms with Gasteiger partial charge in [0.05, 0.1) is 17.7 Å². The molecule has 1 atom stereocenters. The fraction of sp³-hybridized carbons (Fsp3) is 0.222. The average molecular weight is 307 g/mol. The lowest BCUT2D eigenvalue weighted by Crippen LogP contribution is -2.03. The van der Waals surface area contributed by atoms with E-state index < -0.39 is 0 Å². The molecule has 0 aliphatic carbocycles. The van der Waals surface area contributed by atoms with Gasteiger partial charge in [-0.05, 0) is 23.8 Å². The first kappa shape index (κ1) is 15.9. The van der Waals surface area contributed by atoms with Crippen LogP contribution in [0.1, 0.15) is 24.5 Å². The van der Waals surface area contributed by atoms with Crippen LogP contribution in [0.5, 0.6) is 0 Å². The molecule has 0 heterocycles. The minimum Gasteiger partial charge on any atom is -0.380 e. The van der Waals surface area contributed by atoms with Crippen LogP contribution in [0.15, 0.2) is 53.4 Å². The van der Waals surface area contributed by atoms with Crippen molar-refractivity contribution in [2.45, 2.75) is 30.0 Å². The van der Waals surface area contributed by atoms with Gasteiger partial charge in [0.1, 0.15) is 0 Å². The van der Waals surface area contributed by atoms with Crippen LogP contribution in [0, 0.1) is 22.7 Å². The smallest absolute Gasteiger partial charge is 0.0995 e. The van der Waals surface area contributed by atoms with Crippen molar-refractivity contribution < 1.29 is 0 Å². The van der Waals surface area contributed by atoms with E-state index in [1.807, 2.05) is 42.5 Å². The molecule has 1 unspecified atom stereocenters. The number of hydrogen-bond acceptors (Lipinski definition) is 4. The maximum absolute atomic E-state index is 9.14. The van der Waals surface area contributed by atoms with Crippen LogP contribution in [0.2, 0.25) is 0 Å². The number of nitrogens with zero attached hydrogens (tertiary/aromatic N) is 2. The molecule has 1 N–H and O–H groups in total. The summed E-state index contributed by atoms with van der Waals surface area (Å²) in [5.41, 5.74) is 2.71. The topological polar surface area (TPSA) is 59.6 Å². The molecule has 0 aliphatic rings. The Balaban J connectivity index is 2.10. The van der Waals surface area contributed by atoms with Crippen molar-refractivity contribution >= 4 is 17.4 Å². The summed E-state index contributed by atoms with van der Waals surface area (Å²) in [6, 6.07) is 20.1. The Morgan fingerprint density at radius 3 is 2.59 bits per heavy atom. The third kappa shape index (κ3) is 4.28. The summed E-state index contributed by atoms with van der Waals surface area (Å²) in [6.45, 7) is 2.66. The fourth-order valence-electron chi connectivity index (χ4n) is 2.08. The molecule has 0 fully saturated rings. The maximum Gasteiger partial charge on any atom is 0.0995 e. The second-order valence-electron chi connectivity index (χ2n) is 4.91. The Bertz CT molecular complexity index is 713. The number of nitriles is 2. The van der Waals surface area contributed by atoms with E-state index in [1.54, 1.807) is 11.8 Å². The van der Waals surface area contributed by atoms with Gasteiger partial charge in [0.15, 0.2) is 0 Å². The van der Waals surface area contributed by atoms with Gasteiger partial charge in [0.25, 0.3) is 0 Å². The lowest BCUT2D eigenvalue weighted by molar-refractivity contribution is 0.988. The van der Waals surface area contributed by atoms with Gasteiger partial charge < -0.3 is 5.32 Å². The molecule has 110 valence electrons. The summed E-state index contributed by atoms with van der Waals surface area (Å²) in [5, 5.41) is 21.6. The van der Waals surface area contributed by atoms with Crippen molar-refractivity contribution in [3.05, 3.63) is 59.7 Å². The highest BCUT2D eigenvalue weighted by Crippen LogP contribution is 2.31. The SMILES string of the molecule is CC(CC#N)Sc1ccccc1NCc1ccccc1C#N. The van der Waals surface area contributed by atoms with Crippen molar-refractivity contribution in [2.24, 2.45) is 0 Å². The highest BCUT2D eigenvalue weighted by Gasteiger charge is 2.08. The minimum absolute atomic E-state index is 0.249. The first-order valence-electron chi connectivity index (χ1n) is 7.09. The summed E-state index contributed by atoms with van der Waals surface area (Å²) in [5.74, 6) is 0. The van der Waals surface area contributed by atoms with Crippen molar-refractivity contribution in [1.82, 2.24) is 0 Å². The van der Waals surface area contributed by atoms with E-state index in [4.69, 9.17) is 10.5 Å². The molecule has 0 amide bonds. The van der Waals surface area contributed by atoms with E-state index in [1.165, 1.54) is 0 Å². The van der Waals surface area contributed by atoms with E-state index in [9.17, 15) is 0 Å². The van der Waals surface area contributed by atoms with Crippen molar-refractivity contribution in [2.75, 3.05) is 5.32 Å². The lowest BCUT2D eigenvalue weighted by atomic mass is 10.1. The van der Waals surface area contributed by atoms with Gasteiger partial charge in [0, 0.05) is 28.8 Å². The second-order valence-corrected chi connectivity index (χ2v) is 6.39. The first-order chi connectivity index (χ1) is 10.7. The molecule has 0 saturated heterocycles. The van der Waals surface area contributed by atoms with E-state index >= 15 is 0 Å². The maximum atomic E-state index is 9.14. The van der Waals surface area contributed by atoms with E-state index in [0.29, 0.717) is 18.5 Å². The molecule has 0 aromatic heterocycles. The van der Waals surface area contributed by atoms with Gasteiger partial charge in [-0.15, -0.1) is 11.8 Å². The number of benzene rings is 2. The summed E-state index contributed by atoms with van der Waals surface area (Å²) < 4.78 is 0. The minimum atomic E-state index is 0.249. The molecule has 0 aliphatic heterocycles. The zero-order valence-corrected chi connectivity index (χ0v) is 13.2. The molecule has 2 rings (SSSR count). The van der Waals surface area contributed by atoms with Gasteiger partial charge in [-0.3, -0.25) is 0 Å². The molecule has 2 aromatic carbocycles.